The second kappa shape index (κ2) is 3.36. The van der Waals surface area contributed by atoms with Crippen molar-refractivity contribution in [3.63, 3.8) is 0 Å². The summed E-state index contributed by atoms with van der Waals surface area (Å²) in [6.07, 6.45) is -1.04. The molecule has 0 aromatic carbocycles. The molecule has 60 valence electrons. The maximum atomic E-state index is 12.6. The van der Waals surface area contributed by atoms with Crippen LogP contribution >= 0.6 is 0 Å². The Kier molecular flexibility index (Phi) is 3.08. The predicted molar refractivity (Wildman–Crippen MR) is 32.1 cm³/mol. The van der Waals surface area contributed by atoms with Gasteiger partial charge in [-0.15, -0.1) is 0 Å². The number of amides is 1. The molecule has 1 amide bonds. The molecule has 5 heteroatoms. The van der Waals surface area contributed by atoms with Gasteiger partial charge in [-0.05, 0) is 6.92 Å². The summed E-state index contributed by atoms with van der Waals surface area (Å²) >= 11 is 0. The fourth-order valence-corrected chi connectivity index (χ4v) is 0.267. The van der Waals surface area contributed by atoms with Crippen molar-refractivity contribution in [2.75, 3.05) is 13.2 Å². The first-order valence-corrected chi connectivity index (χ1v) is 2.70. The summed E-state index contributed by atoms with van der Waals surface area (Å²) < 4.78 is 16.7. The van der Waals surface area contributed by atoms with E-state index in [0.29, 0.717) is 0 Å². The molecule has 0 spiro atoms. The van der Waals surface area contributed by atoms with Crippen LogP contribution < -0.4 is 5.73 Å². The lowest BCUT2D eigenvalue weighted by Gasteiger charge is -2.15. The van der Waals surface area contributed by atoms with E-state index in [9.17, 15) is 9.18 Å². The first-order chi connectivity index (χ1) is 4.48. The van der Waals surface area contributed by atoms with E-state index in [0.717, 1.165) is 6.92 Å². The second-order valence-electron chi connectivity index (χ2n) is 2.18. The number of alkyl halides is 1. The Morgan fingerprint density at radius 2 is 2.40 bits per heavy atom. The van der Waals surface area contributed by atoms with E-state index in [1.165, 1.54) is 0 Å². The smallest absolute Gasteiger partial charge is 0.404 e. The number of rotatable bonds is 3. The fourth-order valence-electron chi connectivity index (χ4n) is 0.267. The molecular weight excluding hydrogens is 141 g/mol. The van der Waals surface area contributed by atoms with Crippen molar-refractivity contribution in [2.45, 2.75) is 12.6 Å². The summed E-state index contributed by atoms with van der Waals surface area (Å²) in [4.78, 5) is 9.91. The summed E-state index contributed by atoms with van der Waals surface area (Å²) in [5, 5.41) is 8.30. The molecule has 0 aromatic heterocycles. The van der Waals surface area contributed by atoms with Crippen LogP contribution in [0, 0.1) is 0 Å². The minimum absolute atomic E-state index is 0.515. The highest BCUT2D eigenvalue weighted by Gasteiger charge is 2.23. The topological polar surface area (TPSA) is 72.6 Å². The number of nitrogens with two attached hydrogens (primary N) is 1. The van der Waals surface area contributed by atoms with Gasteiger partial charge in [0.05, 0.1) is 6.61 Å². The largest absolute Gasteiger partial charge is 0.446 e. The van der Waals surface area contributed by atoms with E-state index >= 15 is 0 Å². The molecule has 10 heavy (non-hydrogen) atoms. The van der Waals surface area contributed by atoms with Crippen molar-refractivity contribution in [1.29, 1.82) is 0 Å². The molecule has 0 aromatic rings. The Morgan fingerprint density at radius 3 is 2.70 bits per heavy atom. The van der Waals surface area contributed by atoms with Gasteiger partial charge in [0.1, 0.15) is 6.61 Å². The molecule has 0 aliphatic rings. The van der Waals surface area contributed by atoms with E-state index in [4.69, 9.17) is 5.11 Å². The van der Waals surface area contributed by atoms with Crippen molar-refractivity contribution in [2.24, 2.45) is 5.73 Å². The third-order valence-electron chi connectivity index (χ3n) is 0.845. The van der Waals surface area contributed by atoms with Gasteiger partial charge < -0.3 is 15.6 Å². The van der Waals surface area contributed by atoms with Crippen LogP contribution in [0.1, 0.15) is 6.92 Å². The number of carbonyl (C=O) groups excluding carboxylic acids is 1. The van der Waals surface area contributed by atoms with E-state index in [-0.39, 0.29) is 0 Å². The monoisotopic (exact) mass is 151 g/mol. The van der Waals surface area contributed by atoms with Crippen LogP contribution in [0.4, 0.5) is 9.18 Å². The number of halogens is 1. The van der Waals surface area contributed by atoms with Gasteiger partial charge in [0.25, 0.3) is 0 Å². The molecule has 0 aliphatic carbocycles. The zero-order valence-electron chi connectivity index (χ0n) is 5.63. The molecule has 0 fully saturated rings. The zero-order valence-corrected chi connectivity index (χ0v) is 5.63. The molecule has 0 rings (SSSR count). The molecule has 1 atom stereocenters. The number of aliphatic hydroxyl groups is 1. The average Bonchev–Trinajstić information content (AvgIpc) is 1.85. The molecular formula is C5H10FNO3. The predicted octanol–water partition coefficient (Wildman–Crippen LogP) is -0.198. The van der Waals surface area contributed by atoms with Crippen LogP contribution in [0.2, 0.25) is 0 Å². The van der Waals surface area contributed by atoms with Gasteiger partial charge in [0.2, 0.25) is 0 Å². The van der Waals surface area contributed by atoms with E-state index in [1.807, 2.05) is 0 Å². The van der Waals surface area contributed by atoms with E-state index < -0.39 is 25.0 Å². The van der Waals surface area contributed by atoms with Gasteiger partial charge in [-0.1, -0.05) is 0 Å². The third-order valence-corrected chi connectivity index (χ3v) is 0.845. The van der Waals surface area contributed by atoms with Crippen LogP contribution in [-0.2, 0) is 4.74 Å². The van der Waals surface area contributed by atoms with Crippen LogP contribution in [0.5, 0.6) is 0 Å². The quantitative estimate of drug-likeness (QED) is 0.586. The summed E-state index contributed by atoms with van der Waals surface area (Å²) in [5.41, 5.74) is 2.65. The SMILES string of the molecule is C[C@](F)(CO)COC(N)=O. The lowest BCUT2D eigenvalue weighted by Crippen LogP contribution is -2.32. The summed E-state index contributed by atoms with van der Waals surface area (Å²) in [6, 6.07) is 0. The number of carbonyl (C=O) groups is 1. The van der Waals surface area contributed by atoms with Gasteiger partial charge in [-0.3, -0.25) is 0 Å². The molecule has 0 saturated carbocycles. The van der Waals surface area contributed by atoms with Crippen molar-refractivity contribution in [3.05, 3.63) is 0 Å². The number of hydrogen-bond acceptors (Lipinski definition) is 3. The zero-order chi connectivity index (χ0) is 8.20. The lowest BCUT2D eigenvalue weighted by molar-refractivity contribution is 0.0216. The van der Waals surface area contributed by atoms with Gasteiger partial charge in [-0.25, -0.2) is 9.18 Å². The molecule has 3 N–H and O–H groups in total. The lowest BCUT2D eigenvalue weighted by atomic mass is 10.2. The second-order valence-corrected chi connectivity index (χ2v) is 2.18. The van der Waals surface area contributed by atoms with Crippen molar-refractivity contribution >= 4 is 6.09 Å². The highest BCUT2D eigenvalue weighted by atomic mass is 19.1. The molecule has 0 saturated heterocycles. The Hall–Kier alpha value is -0.840. The molecule has 0 bridgehead atoms. The van der Waals surface area contributed by atoms with Crippen LogP contribution in [0.25, 0.3) is 0 Å². The van der Waals surface area contributed by atoms with Crippen LogP contribution in [0.15, 0.2) is 0 Å². The highest BCUT2D eigenvalue weighted by Crippen LogP contribution is 2.08. The van der Waals surface area contributed by atoms with Crippen molar-refractivity contribution in [1.82, 2.24) is 0 Å². The van der Waals surface area contributed by atoms with Crippen molar-refractivity contribution in [3.8, 4) is 0 Å². The summed E-state index contributed by atoms with van der Waals surface area (Å²) in [5.74, 6) is 0. The first kappa shape index (κ1) is 9.16. The Balaban J connectivity index is 3.56. The molecule has 0 radical (unpaired) electrons. The van der Waals surface area contributed by atoms with Crippen LogP contribution in [0.3, 0.4) is 0 Å². The number of primary amides is 1. The standard InChI is InChI=1S/C5H10FNO3/c1-5(6,2-8)3-10-4(7)9/h8H,2-3H2,1H3,(H2,7,9)/t5-/m0/s1. The third kappa shape index (κ3) is 4.08. The molecule has 0 heterocycles. The normalized spacial score (nSPS) is 15.9. The Bertz CT molecular complexity index is 126. The average molecular weight is 151 g/mol. The summed E-state index contributed by atoms with van der Waals surface area (Å²) in [7, 11) is 0. The Morgan fingerprint density at radius 1 is 1.90 bits per heavy atom. The molecule has 0 unspecified atom stereocenters. The molecule has 4 nitrogen and oxygen atoms in total. The first-order valence-electron chi connectivity index (χ1n) is 2.70. The minimum Gasteiger partial charge on any atom is -0.446 e. The van der Waals surface area contributed by atoms with Gasteiger partial charge in [-0.2, -0.15) is 0 Å². The Labute approximate surface area is 57.8 Å². The van der Waals surface area contributed by atoms with Gasteiger partial charge in [0, 0.05) is 0 Å². The molecule has 0 aliphatic heterocycles. The van der Waals surface area contributed by atoms with Crippen LogP contribution in [-0.4, -0.2) is 30.1 Å². The van der Waals surface area contributed by atoms with Crippen molar-refractivity contribution < 1.29 is 19.0 Å². The van der Waals surface area contributed by atoms with Gasteiger partial charge in [0.15, 0.2) is 5.67 Å². The van der Waals surface area contributed by atoms with E-state index in [1.54, 1.807) is 0 Å². The maximum Gasteiger partial charge on any atom is 0.404 e. The minimum atomic E-state index is -1.89. The highest BCUT2D eigenvalue weighted by molar-refractivity contribution is 5.64. The maximum absolute atomic E-state index is 12.6. The number of aliphatic hydroxyl groups excluding tert-OH is 1. The summed E-state index contributed by atoms with van der Waals surface area (Å²) in [6.45, 7) is -0.102. The van der Waals surface area contributed by atoms with E-state index in [2.05, 4.69) is 10.5 Å². The number of hydrogen-bond donors (Lipinski definition) is 2. The number of ether oxygens (including phenoxy) is 1. The van der Waals surface area contributed by atoms with Gasteiger partial charge >= 0.3 is 6.09 Å². The fraction of sp³-hybridized carbons (Fsp3) is 0.800.